The molecule has 0 aliphatic carbocycles. The van der Waals surface area contributed by atoms with Gasteiger partial charge in [0.2, 0.25) is 5.91 Å². The third-order valence-corrected chi connectivity index (χ3v) is 8.50. The molecule has 1 atom stereocenters. The highest BCUT2D eigenvalue weighted by Gasteiger charge is 2.35. The number of alkyl halides is 3. The van der Waals surface area contributed by atoms with Crippen molar-refractivity contribution in [1.29, 1.82) is 0 Å². The predicted octanol–water partition coefficient (Wildman–Crippen LogP) is 5.00. The number of amides is 2. The third kappa shape index (κ3) is 6.41. The molecule has 1 aliphatic heterocycles. The predicted molar refractivity (Wildman–Crippen MR) is 143 cm³/mol. The van der Waals surface area contributed by atoms with Crippen LogP contribution in [0.15, 0.2) is 59.5 Å². The molecule has 3 aromatic carbocycles. The van der Waals surface area contributed by atoms with Crippen molar-refractivity contribution in [3.05, 3.63) is 87.7 Å². The van der Waals surface area contributed by atoms with E-state index in [1.165, 1.54) is 19.2 Å². The van der Waals surface area contributed by atoms with Gasteiger partial charge >= 0.3 is 6.18 Å². The number of ether oxygens (including phenoxy) is 1. The maximum atomic E-state index is 15.2. The van der Waals surface area contributed by atoms with Gasteiger partial charge in [0.1, 0.15) is 6.61 Å². The summed E-state index contributed by atoms with van der Waals surface area (Å²) >= 11 is 6.16. The van der Waals surface area contributed by atoms with Gasteiger partial charge in [-0.15, -0.1) is 0 Å². The molecule has 0 aromatic heterocycles. The smallest absolute Gasteiger partial charge is 0.416 e. The minimum absolute atomic E-state index is 0.0505. The molecule has 4 rings (SSSR count). The van der Waals surface area contributed by atoms with E-state index < -0.39 is 51.9 Å². The number of nitrogens with zero attached hydrogens (tertiary/aromatic N) is 1. The Kier molecular flexibility index (Phi) is 8.50. The van der Waals surface area contributed by atoms with Crippen LogP contribution in [0.25, 0.3) is 0 Å². The molecule has 0 fully saturated rings. The summed E-state index contributed by atoms with van der Waals surface area (Å²) in [6, 6.07) is 9.12. The van der Waals surface area contributed by atoms with E-state index in [9.17, 15) is 31.2 Å². The van der Waals surface area contributed by atoms with Crippen molar-refractivity contribution in [2.24, 2.45) is 0 Å². The van der Waals surface area contributed by atoms with E-state index in [0.29, 0.717) is 11.6 Å². The number of carbonyl (C=O) groups excluding carboxylic acids is 2. The van der Waals surface area contributed by atoms with Gasteiger partial charge in [0.05, 0.1) is 35.2 Å². The maximum absolute atomic E-state index is 15.2. The lowest BCUT2D eigenvalue weighted by atomic mass is 9.99. The van der Waals surface area contributed by atoms with Crippen molar-refractivity contribution < 1.29 is 40.3 Å². The Morgan fingerprint density at radius 2 is 1.85 bits per heavy atom. The minimum Gasteiger partial charge on any atom is -0.486 e. The highest BCUT2D eigenvalue weighted by molar-refractivity contribution is 7.92. The zero-order chi connectivity index (χ0) is 30.1. The van der Waals surface area contributed by atoms with E-state index in [0.717, 1.165) is 28.6 Å². The fourth-order valence-electron chi connectivity index (χ4n) is 4.30. The molecule has 1 aliphatic rings. The molecule has 2 N–H and O–H groups in total. The summed E-state index contributed by atoms with van der Waals surface area (Å²) in [7, 11) is -2.89. The Labute approximate surface area is 238 Å². The molecular weight excluding hydrogens is 590 g/mol. The Balaban J connectivity index is 1.74. The molecule has 0 spiro atoms. The lowest BCUT2D eigenvalue weighted by Gasteiger charge is -2.31. The van der Waals surface area contributed by atoms with Gasteiger partial charge in [-0.2, -0.15) is 13.2 Å². The average molecular weight is 614 g/mol. The first kappa shape index (κ1) is 30.1. The van der Waals surface area contributed by atoms with E-state index in [-0.39, 0.29) is 45.6 Å². The number of carbonyl (C=O) groups is 2. The molecular formula is C27H24ClF4N3O5S. The quantitative estimate of drug-likeness (QED) is 0.365. The highest BCUT2D eigenvalue weighted by Crippen LogP contribution is 2.39. The largest absolute Gasteiger partial charge is 0.486 e. The van der Waals surface area contributed by atoms with Crippen LogP contribution in [-0.4, -0.2) is 40.4 Å². The summed E-state index contributed by atoms with van der Waals surface area (Å²) < 4.78 is 88.5. The second-order valence-electron chi connectivity index (χ2n) is 9.19. The van der Waals surface area contributed by atoms with Crippen molar-refractivity contribution in [2.45, 2.75) is 30.5 Å². The van der Waals surface area contributed by atoms with Crippen LogP contribution < -0.4 is 19.7 Å². The number of nitrogens with one attached hydrogen (secondary N) is 2. The van der Waals surface area contributed by atoms with Gasteiger partial charge in [0.15, 0.2) is 11.6 Å². The van der Waals surface area contributed by atoms with Crippen LogP contribution in [0.1, 0.15) is 39.5 Å². The van der Waals surface area contributed by atoms with Crippen molar-refractivity contribution in [3.8, 4) is 5.75 Å². The second kappa shape index (κ2) is 11.6. The first-order valence-electron chi connectivity index (χ1n) is 12.2. The van der Waals surface area contributed by atoms with Crippen LogP contribution in [0.4, 0.5) is 23.2 Å². The van der Waals surface area contributed by atoms with Gasteiger partial charge < -0.3 is 15.4 Å². The Bertz CT molecular complexity index is 1610. The number of rotatable bonds is 7. The van der Waals surface area contributed by atoms with E-state index >= 15 is 4.39 Å². The molecule has 1 heterocycles. The zero-order valence-corrected chi connectivity index (χ0v) is 23.3. The number of hydrogen-bond acceptors (Lipinski definition) is 5. The molecule has 0 radical (unpaired) electrons. The molecule has 2 amide bonds. The normalized spacial score (nSPS) is 14.1. The van der Waals surface area contributed by atoms with E-state index in [4.69, 9.17) is 16.3 Å². The molecule has 218 valence electrons. The number of benzene rings is 3. The van der Waals surface area contributed by atoms with Crippen molar-refractivity contribution >= 4 is 39.1 Å². The summed E-state index contributed by atoms with van der Waals surface area (Å²) in [5.74, 6) is -3.03. The Morgan fingerprint density at radius 3 is 2.51 bits per heavy atom. The molecule has 0 bridgehead atoms. The molecule has 41 heavy (non-hydrogen) atoms. The number of anilines is 1. The van der Waals surface area contributed by atoms with E-state index in [2.05, 4.69) is 10.6 Å². The number of fused-ring (bicyclic) bond motifs is 1. The number of hydrogen-bond donors (Lipinski definition) is 2. The third-order valence-electron chi connectivity index (χ3n) is 6.35. The van der Waals surface area contributed by atoms with Crippen LogP contribution in [0.2, 0.25) is 5.02 Å². The number of halogens is 5. The fraction of sp³-hybridized carbons (Fsp3) is 0.259. The van der Waals surface area contributed by atoms with Crippen molar-refractivity contribution in [3.63, 3.8) is 0 Å². The van der Waals surface area contributed by atoms with Gasteiger partial charge in [-0.1, -0.05) is 23.7 Å². The van der Waals surface area contributed by atoms with Gasteiger partial charge in [0.25, 0.3) is 15.9 Å². The standard InChI is InChI=1S/C27H24ClF4N3O5S/c1-15-4-3-5-18(10-15)41(38,39)35-8-9-40-25-21(29)11-16(12-23(25)35)26(37)34-22(14-24(36)33-2)19-13-17(27(30,31)32)6-7-20(19)28/h3-7,10-13,22H,8-9,14H2,1-2H3,(H,33,36)(H,34,37)/t22-/m0/s1. The van der Waals surface area contributed by atoms with E-state index in [1.54, 1.807) is 19.1 Å². The number of sulfonamides is 1. The van der Waals surface area contributed by atoms with Gasteiger partial charge in [0, 0.05) is 17.6 Å². The molecule has 0 unspecified atom stereocenters. The zero-order valence-electron chi connectivity index (χ0n) is 21.7. The Morgan fingerprint density at radius 1 is 1.12 bits per heavy atom. The summed E-state index contributed by atoms with van der Waals surface area (Å²) in [6.45, 7) is 1.38. The summed E-state index contributed by atoms with van der Waals surface area (Å²) in [5.41, 5.74) is -1.16. The maximum Gasteiger partial charge on any atom is 0.416 e. The van der Waals surface area contributed by atoms with Gasteiger partial charge in [-0.3, -0.25) is 13.9 Å². The van der Waals surface area contributed by atoms with Crippen LogP contribution >= 0.6 is 11.6 Å². The van der Waals surface area contributed by atoms with Crippen molar-refractivity contribution in [1.82, 2.24) is 10.6 Å². The molecule has 8 nitrogen and oxygen atoms in total. The fourth-order valence-corrected chi connectivity index (χ4v) is 6.10. The monoisotopic (exact) mass is 613 g/mol. The topological polar surface area (TPSA) is 105 Å². The SMILES string of the molecule is CNC(=O)C[C@H](NC(=O)c1cc(F)c2c(c1)N(S(=O)(=O)c1cccc(C)c1)CCO2)c1cc(C(F)(F)F)ccc1Cl. The van der Waals surface area contributed by atoms with Crippen molar-refractivity contribution in [2.75, 3.05) is 24.5 Å². The van der Waals surface area contributed by atoms with Crippen LogP contribution in [0.5, 0.6) is 5.75 Å². The first-order chi connectivity index (χ1) is 19.2. The Hall–Kier alpha value is -3.84. The first-order valence-corrected chi connectivity index (χ1v) is 14.0. The second-order valence-corrected chi connectivity index (χ2v) is 11.5. The van der Waals surface area contributed by atoms with Gasteiger partial charge in [-0.05, 0) is 60.5 Å². The molecule has 0 saturated carbocycles. The van der Waals surface area contributed by atoms with Gasteiger partial charge in [-0.25, -0.2) is 12.8 Å². The van der Waals surface area contributed by atoms with E-state index in [1.807, 2.05) is 0 Å². The van der Waals surface area contributed by atoms with Crippen LogP contribution in [0.3, 0.4) is 0 Å². The minimum atomic E-state index is -4.73. The van der Waals surface area contributed by atoms with Crippen LogP contribution in [-0.2, 0) is 21.0 Å². The number of aryl methyl sites for hydroxylation is 1. The molecule has 3 aromatic rings. The summed E-state index contributed by atoms with van der Waals surface area (Å²) in [6.07, 6.45) is -5.22. The lowest BCUT2D eigenvalue weighted by Crippen LogP contribution is -2.39. The van der Waals surface area contributed by atoms with Crippen LogP contribution in [0, 0.1) is 12.7 Å². The molecule has 0 saturated heterocycles. The average Bonchev–Trinajstić information content (AvgIpc) is 2.91. The molecule has 14 heteroatoms. The lowest BCUT2D eigenvalue weighted by molar-refractivity contribution is -0.137. The summed E-state index contributed by atoms with van der Waals surface area (Å²) in [4.78, 5) is 25.5. The summed E-state index contributed by atoms with van der Waals surface area (Å²) in [5, 5.41) is 4.62. The highest BCUT2D eigenvalue weighted by atomic mass is 35.5.